The van der Waals surface area contributed by atoms with Gasteiger partial charge < -0.3 is 19.1 Å². The molecule has 6 nitrogen and oxygen atoms in total. The third kappa shape index (κ3) is 9.75. The Labute approximate surface area is 121 Å². The Balaban J connectivity index is 4.12. The van der Waals surface area contributed by atoms with Crippen molar-refractivity contribution in [2.75, 3.05) is 46.1 Å². The summed E-state index contributed by atoms with van der Waals surface area (Å²) in [5.74, 6) is -0.409. The maximum absolute atomic E-state index is 12.0. The molecule has 6 heteroatoms. The van der Waals surface area contributed by atoms with Crippen LogP contribution in [0, 0.1) is 0 Å². The average Bonchev–Trinajstić information content (AvgIpc) is 2.44. The number of rotatable bonds is 12. The van der Waals surface area contributed by atoms with Crippen molar-refractivity contribution in [3.8, 4) is 0 Å². The second-order valence-corrected chi connectivity index (χ2v) is 4.08. The van der Waals surface area contributed by atoms with Gasteiger partial charge in [-0.1, -0.05) is 0 Å². The van der Waals surface area contributed by atoms with Crippen LogP contribution in [0.2, 0.25) is 0 Å². The van der Waals surface area contributed by atoms with Crippen LogP contribution in [0.3, 0.4) is 0 Å². The molecule has 0 aromatic carbocycles. The summed E-state index contributed by atoms with van der Waals surface area (Å²) >= 11 is 0. The minimum Gasteiger partial charge on any atom is -0.466 e. The van der Waals surface area contributed by atoms with Crippen LogP contribution in [0.15, 0.2) is 0 Å². The Morgan fingerprint density at radius 1 is 0.850 bits per heavy atom. The zero-order valence-electron chi connectivity index (χ0n) is 12.9. The predicted molar refractivity (Wildman–Crippen MR) is 75.4 cm³/mol. The molecule has 0 rings (SSSR count). The van der Waals surface area contributed by atoms with Crippen LogP contribution in [0.25, 0.3) is 0 Å². The predicted octanol–water partition coefficient (Wildman–Crippen LogP) is 1.23. The van der Waals surface area contributed by atoms with Crippen LogP contribution in [-0.2, 0) is 23.8 Å². The van der Waals surface area contributed by atoms with Gasteiger partial charge in [-0.3, -0.25) is 9.59 Å². The maximum Gasteiger partial charge on any atom is 0.306 e. The van der Waals surface area contributed by atoms with Crippen molar-refractivity contribution in [3.63, 3.8) is 0 Å². The minimum absolute atomic E-state index is 0.0718. The lowest BCUT2D eigenvalue weighted by molar-refractivity contribution is -0.146. The van der Waals surface area contributed by atoms with Crippen LogP contribution in [0.5, 0.6) is 0 Å². The molecule has 20 heavy (non-hydrogen) atoms. The second-order valence-electron chi connectivity index (χ2n) is 4.08. The molecule has 0 aromatic heterocycles. The summed E-state index contributed by atoms with van der Waals surface area (Å²) in [7, 11) is 0. The van der Waals surface area contributed by atoms with Gasteiger partial charge in [-0.25, -0.2) is 0 Å². The number of amides is 1. The summed E-state index contributed by atoms with van der Waals surface area (Å²) in [5, 5.41) is 0. The van der Waals surface area contributed by atoms with Gasteiger partial charge in [0.1, 0.15) is 0 Å². The highest BCUT2D eigenvalue weighted by Gasteiger charge is 2.15. The van der Waals surface area contributed by atoms with Gasteiger partial charge in [-0.2, -0.15) is 0 Å². The highest BCUT2D eigenvalue weighted by atomic mass is 16.5. The molecule has 0 spiro atoms. The third-order valence-electron chi connectivity index (χ3n) is 2.62. The van der Waals surface area contributed by atoms with Crippen LogP contribution in [0.1, 0.15) is 33.6 Å². The number of esters is 1. The first-order chi connectivity index (χ1) is 9.65. The van der Waals surface area contributed by atoms with E-state index in [-0.39, 0.29) is 24.7 Å². The van der Waals surface area contributed by atoms with Crippen LogP contribution < -0.4 is 0 Å². The van der Waals surface area contributed by atoms with Crippen molar-refractivity contribution in [1.82, 2.24) is 4.90 Å². The molecule has 0 N–H and O–H groups in total. The van der Waals surface area contributed by atoms with Crippen molar-refractivity contribution < 1.29 is 23.8 Å². The van der Waals surface area contributed by atoms with E-state index in [4.69, 9.17) is 14.2 Å². The van der Waals surface area contributed by atoms with Crippen LogP contribution in [0.4, 0.5) is 0 Å². The van der Waals surface area contributed by atoms with Gasteiger partial charge in [0.2, 0.25) is 5.91 Å². The molecule has 0 unspecified atom stereocenters. The first-order valence-electron chi connectivity index (χ1n) is 7.24. The van der Waals surface area contributed by atoms with E-state index < -0.39 is 0 Å². The van der Waals surface area contributed by atoms with Gasteiger partial charge >= 0.3 is 5.97 Å². The quantitative estimate of drug-likeness (QED) is 0.399. The van der Waals surface area contributed by atoms with Gasteiger partial charge in [0, 0.05) is 32.7 Å². The number of hydrogen-bond donors (Lipinski definition) is 0. The van der Waals surface area contributed by atoms with Crippen molar-refractivity contribution in [3.05, 3.63) is 0 Å². The maximum atomic E-state index is 12.0. The standard InChI is InChI=1S/C14H27NO5/c1-4-18-11-9-15(10-12-19-5-2)13(16)7-8-14(17)20-6-3/h4-12H2,1-3H3. The summed E-state index contributed by atoms with van der Waals surface area (Å²) < 4.78 is 15.3. The van der Waals surface area contributed by atoms with E-state index in [0.717, 1.165) is 0 Å². The van der Waals surface area contributed by atoms with Gasteiger partial charge in [0.05, 0.1) is 26.2 Å². The summed E-state index contributed by atoms with van der Waals surface area (Å²) in [6, 6.07) is 0. The molecule has 0 saturated heterocycles. The topological polar surface area (TPSA) is 65.1 Å². The normalized spacial score (nSPS) is 10.3. The molecule has 0 aliphatic heterocycles. The Kier molecular flexibility index (Phi) is 12.1. The minimum atomic E-state index is -0.338. The molecule has 0 atom stereocenters. The molecule has 0 saturated carbocycles. The van der Waals surface area contributed by atoms with E-state index in [2.05, 4.69) is 0 Å². The van der Waals surface area contributed by atoms with Gasteiger partial charge in [-0.15, -0.1) is 0 Å². The molecule has 1 amide bonds. The van der Waals surface area contributed by atoms with E-state index in [1.807, 2.05) is 13.8 Å². The molecular formula is C14H27NO5. The van der Waals surface area contributed by atoms with E-state index in [9.17, 15) is 9.59 Å². The van der Waals surface area contributed by atoms with E-state index in [0.29, 0.717) is 46.1 Å². The molecule has 0 fully saturated rings. The van der Waals surface area contributed by atoms with E-state index in [1.165, 1.54) is 0 Å². The van der Waals surface area contributed by atoms with Gasteiger partial charge in [-0.05, 0) is 20.8 Å². The largest absolute Gasteiger partial charge is 0.466 e. The van der Waals surface area contributed by atoms with Gasteiger partial charge in [0.15, 0.2) is 0 Å². The fourth-order valence-corrected chi connectivity index (χ4v) is 1.60. The molecule has 0 aliphatic rings. The number of ether oxygens (including phenoxy) is 3. The van der Waals surface area contributed by atoms with Gasteiger partial charge in [0.25, 0.3) is 0 Å². The smallest absolute Gasteiger partial charge is 0.306 e. The Bertz CT molecular complexity index is 260. The first-order valence-corrected chi connectivity index (χ1v) is 7.24. The van der Waals surface area contributed by atoms with Crippen molar-refractivity contribution in [1.29, 1.82) is 0 Å². The molecule has 0 heterocycles. The molecule has 0 aliphatic carbocycles. The third-order valence-corrected chi connectivity index (χ3v) is 2.62. The molecular weight excluding hydrogens is 262 g/mol. The lowest BCUT2D eigenvalue weighted by Crippen LogP contribution is -2.37. The Morgan fingerprint density at radius 2 is 1.40 bits per heavy atom. The molecule has 0 radical (unpaired) electrons. The number of hydrogen-bond acceptors (Lipinski definition) is 5. The molecule has 0 aromatic rings. The average molecular weight is 289 g/mol. The Morgan fingerprint density at radius 3 is 1.85 bits per heavy atom. The highest BCUT2D eigenvalue weighted by Crippen LogP contribution is 2.01. The lowest BCUT2D eigenvalue weighted by Gasteiger charge is -2.22. The summed E-state index contributed by atoms with van der Waals surface area (Å²) in [6.45, 7) is 9.17. The summed E-state index contributed by atoms with van der Waals surface area (Å²) in [5.41, 5.74) is 0. The second kappa shape index (κ2) is 12.9. The summed E-state index contributed by atoms with van der Waals surface area (Å²) in [4.78, 5) is 25.0. The molecule has 118 valence electrons. The first kappa shape index (κ1) is 18.9. The van der Waals surface area contributed by atoms with E-state index in [1.54, 1.807) is 11.8 Å². The SMILES string of the molecule is CCOCCN(CCOCC)C(=O)CCC(=O)OCC. The zero-order valence-corrected chi connectivity index (χ0v) is 12.9. The highest BCUT2D eigenvalue weighted by molar-refractivity contribution is 5.81. The lowest BCUT2D eigenvalue weighted by atomic mass is 10.2. The number of carbonyl (C=O) groups excluding carboxylic acids is 2. The van der Waals surface area contributed by atoms with Crippen LogP contribution in [-0.4, -0.2) is 62.9 Å². The van der Waals surface area contributed by atoms with Crippen molar-refractivity contribution in [2.24, 2.45) is 0 Å². The fraction of sp³-hybridized carbons (Fsp3) is 0.857. The number of carbonyl (C=O) groups is 2. The Hall–Kier alpha value is -1.14. The fourth-order valence-electron chi connectivity index (χ4n) is 1.60. The summed E-state index contributed by atoms with van der Waals surface area (Å²) in [6.07, 6.45) is 0.281. The zero-order chi connectivity index (χ0) is 15.2. The molecule has 0 bridgehead atoms. The number of nitrogens with zero attached hydrogens (tertiary/aromatic N) is 1. The monoisotopic (exact) mass is 289 g/mol. The van der Waals surface area contributed by atoms with Crippen molar-refractivity contribution >= 4 is 11.9 Å². The van der Waals surface area contributed by atoms with Crippen LogP contribution >= 0.6 is 0 Å². The van der Waals surface area contributed by atoms with E-state index >= 15 is 0 Å². The van der Waals surface area contributed by atoms with Crippen molar-refractivity contribution in [2.45, 2.75) is 33.6 Å².